The highest BCUT2D eigenvalue weighted by Crippen LogP contribution is 2.36. The molecule has 0 unspecified atom stereocenters. The number of hydrogen-bond donors (Lipinski definition) is 1. The Bertz CT molecular complexity index is 1420. The van der Waals surface area contributed by atoms with Crippen LogP contribution in [0.4, 0.5) is 5.69 Å². The molecule has 0 saturated heterocycles. The fraction of sp³-hybridized carbons (Fsp3) is 0.355. The Morgan fingerprint density at radius 1 is 0.927 bits per heavy atom. The molecule has 0 fully saturated rings. The van der Waals surface area contributed by atoms with Crippen LogP contribution in [0.25, 0.3) is 0 Å². The number of rotatable bonds is 14. The van der Waals surface area contributed by atoms with E-state index in [4.69, 9.17) is 9.47 Å². The lowest BCUT2D eigenvalue weighted by atomic mass is 10.0. The van der Waals surface area contributed by atoms with Gasteiger partial charge in [0.1, 0.15) is 6.04 Å². The van der Waals surface area contributed by atoms with Crippen molar-refractivity contribution in [3.05, 3.63) is 90.0 Å². The minimum Gasteiger partial charge on any atom is -0.454 e. The molecule has 0 radical (unpaired) electrons. The summed E-state index contributed by atoms with van der Waals surface area (Å²) in [5, 5.41) is 2.97. The third kappa shape index (κ3) is 8.23. The van der Waals surface area contributed by atoms with Crippen LogP contribution in [0.1, 0.15) is 37.3 Å². The molecule has 10 heteroatoms. The van der Waals surface area contributed by atoms with E-state index in [0.29, 0.717) is 30.2 Å². The van der Waals surface area contributed by atoms with Crippen LogP contribution in [0.2, 0.25) is 0 Å². The number of fused-ring (bicyclic) bond motifs is 1. The maximum Gasteiger partial charge on any atom is 0.243 e. The number of nitrogens with one attached hydrogen (secondary N) is 1. The van der Waals surface area contributed by atoms with Crippen molar-refractivity contribution in [3.63, 3.8) is 0 Å². The molecule has 218 valence electrons. The van der Waals surface area contributed by atoms with Crippen molar-refractivity contribution in [3.8, 4) is 11.5 Å². The normalized spacial score (nSPS) is 12.9. The van der Waals surface area contributed by atoms with E-state index >= 15 is 0 Å². The lowest BCUT2D eigenvalue weighted by Gasteiger charge is -2.32. The molecule has 0 spiro atoms. The maximum absolute atomic E-state index is 13.8. The molecule has 3 aromatic rings. The first-order valence-corrected chi connectivity index (χ1v) is 15.6. The predicted octanol–water partition coefficient (Wildman–Crippen LogP) is 4.13. The van der Waals surface area contributed by atoms with E-state index < -0.39 is 16.1 Å². The molecule has 0 saturated carbocycles. The highest BCUT2D eigenvalue weighted by molar-refractivity contribution is 7.92. The van der Waals surface area contributed by atoms with Gasteiger partial charge in [-0.1, -0.05) is 67.6 Å². The monoisotopic (exact) mass is 579 g/mol. The van der Waals surface area contributed by atoms with Crippen molar-refractivity contribution in [2.24, 2.45) is 0 Å². The van der Waals surface area contributed by atoms with E-state index in [1.807, 2.05) is 67.6 Å². The molecule has 4 rings (SSSR count). The van der Waals surface area contributed by atoms with Gasteiger partial charge in [0.15, 0.2) is 11.5 Å². The van der Waals surface area contributed by atoms with E-state index in [0.717, 1.165) is 23.8 Å². The highest BCUT2D eigenvalue weighted by Gasteiger charge is 2.30. The van der Waals surface area contributed by atoms with Gasteiger partial charge in [0.2, 0.25) is 28.6 Å². The molecule has 1 N–H and O–H groups in total. The molecule has 41 heavy (non-hydrogen) atoms. The maximum atomic E-state index is 13.8. The van der Waals surface area contributed by atoms with Gasteiger partial charge in [-0.2, -0.15) is 0 Å². The zero-order valence-corrected chi connectivity index (χ0v) is 24.3. The lowest BCUT2D eigenvalue weighted by molar-refractivity contribution is -0.141. The van der Waals surface area contributed by atoms with Crippen molar-refractivity contribution in [1.29, 1.82) is 0 Å². The number of sulfonamides is 1. The van der Waals surface area contributed by atoms with E-state index in [1.165, 1.54) is 4.31 Å². The van der Waals surface area contributed by atoms with Crippen LogP contribution in [0, 0.1) is 0 Å². The minimum absolute atomic E-state index is 0.0652. The molecule has 0 aliphatic carbocycles. The van der Waals surface area contributed by atoms with E-state index in [9.17, 15) is 18.0 Å². The predicted molar refractivity (Wildman–Crippen MR) is 158 cm³/mol. The number of nitrogens with zero attached hydrogens (tertiary/aromatic N) is 2. The fourth-order valence-electron chi connectivity index (χ4n) is 4.74. The fourth-order valence-corrected chi connectivity index (χ4v) is 5.70. The second kappa shape index (κ2) is 14.0. The molecular weight excluding hydrogens is 542 g/mol. The molecule has 0 bridgehead atoms. The van der Waals surface area contributed by atoms with E-state index in [2.05, 4.69) is 5.32 Å². The van der Waals surface area contributed by atoms with Gasteiger partial charge in [-0.25, -0.2) is 8.42 Å². The van der Waals surface area contributed by atoms with Crippen LogP contribution in [-0.2, 0) is 32.6 Å². The molecule has 0 aromatic heterocycles. The van der Waals surface area contributed by atoms with Crippen molar-refractivity contribution in [2.75, 3.05) is 30.4 Å². The molecule has 2 amide bonds. The van der Waals surface area contributed by atoms with Crippen molar-refractivity contribution >= 4 is 27.5 Å². The molecular formula is C31H37N3O6S. The van der Waals surface area contributed by atoms with Crippen LogP contribution in [0.5, 0.6) is 11.5 Å². The Hall–Kier alpha value is -4.05. The van der Waals surface area contributed by atoms with E-state index in [1.54, 1.807) is 23.1 Å². The Morgan fingerprint density at radius 3 is 2.24 bits per heavy atom. The summed E-state index contributed by atoms with van der Waals surface area (Å²) in [4.78, 5) is 28.9. The summed E-state index contributed by atoms with van der Waals surface area (Å²) >= 11 is 0. The molecule has 1 aliphatic rings. The molecule has 1 heterocycles. The zero-order chi connectivity index (χ0) is 29.2. The minimum atomic E-state index is -3.63. The lowest BCUT2D eigenvalue weighted by Crippen LogP contribution is -2.50. The van der Waals surface area contributed by atoms with Gasteiger partial charge in [0.25, 0.3) is 0 Å². The van der Waals surface area contributed by atoms with Crippen LogP contribution in [0.15, 0.2) is 78.9 Å². The molecule has 3 aromatic carbocycles. The summed E-state index contributed by atoms with van der Waals surface area (Å²) in [5.41, 5.74) is 2.28. The quantitative estimate of drug-likeness (QED) is 0.308. The van der Waals surface area contributed by atoms with Gasteiger partial charge in [-0.05, 0) is 36.1 Å². The summed E-state index contributed by atoms with van der Waals surface area (Å²) < 4.78 is 37.4. The molecule has 1 atom stereocenters. The molecule has 1 aliphatic heterocycles. The van der Waals surface area contributed by atoms with Crippen LogP contribution in [0.3, 0.4) is 0 Å². The first-order valence-electron chi connectivity index (χ1n) is 13.8. The summed E-state index contributed by atoms with van der Waals surface area (Å²) in [6.45, 7) is 2.92. The number of benzene rings is 3. The van der Waals surface area contributed by atoms with E-state index in [-0.39, 0.29) is 44.5 Å². The Morgan fingerprint density at radius 2 is 1.59 bits per heavy atom. The van der Waals surface area contributed by atoms with Crippen LogP contribution < -0.4 is 19.1 Å². The number of carbonyl (C=O) groups excluding carboxylic acids is 2. The highest BCUT2D eigenvalue weighted by atomic mass is 32.2. The topological polar surface area (TPSA) is 105 Å². The average Bonchev–Trinajstić information content (AvgIpc) is 3.44. The third-order valence-electron chi connectivity index (χ3n) is 6.81. The standard InChI is InChI=1S/C31H37N3O6S/c1-3-18-32-31(36)27(20-24-11-6-4-7-12-24)33(22-25-13-8-5-9-14-25)30(35)15-10-19-34(41(2,37)38)26-16-17-28-29(21-26)40-23-39-28/h4-9,11-14,16-17,21,27H,3,10,15,18-20,22-23H2,1-2H3,(H,32,36)/t27-/m1/s1. The summed E-state index contributed by atoms with van der Waals surface area (Å²) in [6.07, 6.45) is 2.60. The van der Waals surface area contributed by atoms with Crippen molar-refractivity contribution < 1.29 is 27.5 Å². The first kappa shape index (κ1) is 29.9. The number of amides is 2. The van der Waals surface area contributed by atoms with Gasteiger partial charge < -0.3 is 19.7 Å². The summed E-state index contributed by atoms with van der Waals surface area (Å²) in [7, 11) is -3.63. The average molecular weight is 580 g/mol. The van der Waals surface area contributed by atoms with Gasteiger partial charge >= 0.3 is 0 Å². The second-order valence-electron chi connectivity index (χ2n) is 9.98. The Labute approximate surface area is 242 Å². The first-order chi connectivity index (χ1) is 19.8. The van der Waals surface area contributed by atoms with Gasteiger partial charge in [0, 0.05) is 38.5 Å². The number of hydrogen-bond acceptors (Lipinski definition) is 6. The van der Waals surface area contributed by atoms with Crippen LogP contribution in [-0.4, -0.2) is 57.3 Å². The molecule has 9 nitrogen and oxygen atoms in total. The van der Waals surface area contributed by atoms with Crippen molar-refractivity contribution in [1.82, 2.24) is 10.2 Å². The van der Waals surface area contributed by atoms with Crippen molar-refractivity contribution in [2.45, 2.75) is 45.2 Å². The summed E-state index contributed by atoms with van der Waals surface area (Å²) in [5.74, 6) is 0.599. The number of carbonyl (C=O) groups is 2. The SMILES string of the molecule is CCCNC(=O)[C@@H](Cc1ccccc1)N(Cc1ccccc1)C(=O)CCCN(c1ccc2c(c1)OCO2)S(C)(=O)=O. The summed E-state index contributed by atoms with van der Waals surface area (Å²) in [6, 6.07) is 23.4. The Balaban J connectivity index is 1.54. The zero-order valence-electron chi connectivity index (χ0n) is 23.5. The third-order valence-corrected chi connectivity index (χ3v) is 8.01. The van der Waals surface area contributed by atoms with Gasteiger partial charge in [0.05, 0.1) is 11.9 Å². The van der Waals surface area contributed by atoms with Gasteiger partial charge in [-0.3, -0.25) is 13.9 Å². The van der Waals surface area contributed by atoms with Gasteiger partial charge in [-0.15, -0.1) is 0 Å². The smallest absolute Gasteiger partial charge is 0.243 e. The largest absolute Gasteiger partial charge is 0.454 e. The van der Waals surface area contributed by atoms with Crippen LogP contribution >= 0.6 is 0 Å². The second-order valence-corrected chi connectivity index (χ2v) is 11.9. The Kier molecular flexibility index (Phi) is 10.2. The number of ether oxygens (including phenoxy) is 2. The number of anilines is 1.